The molecule has 1 saturated carbocycles. The number of allylic oxidation sites excluding steroid dienone is 1. The predicted molar refractivity (Wildman–Crippen MR) is 76.9 cm³/mol. The lowest BCUT2D eigenvalue weighted by Gasteiger charge is -2.29. The van der Waals surface area contributed by atoms with Crippen LogP contribution in [-0.4, -0.2) is 18.7 Å². The van der Waals surface area contributed by atoms with Crippen LogP contribution in [0.15, 0.2) is 11.6 Å². The summed E-state index contributed by atoms with van der Waals surface area (Å²) in [5.41, 5.74) is 1.62. The number of fused-ring (bicyclic) bond motifs is 1. The SMILES string of the molecule is CC(C)C(C)(C)CNC(=O)OC1CCC2=CCCC21. The molecule has 0 aromatic carbocycles. The molecule has 0 bridgehead atoms. The maximum Gasteiger partial charge on any atom is 0.407 e. The summed E-state index contributed by atoms with van der Waals surface area (Å²) in [6, 6.07) is 0. The number of rotatable bonds is 4. The normalized spacial score (nSPS) is 26.3. The second kappa shape index (κ2) is 5.56. The molecule has 19 heavy (non-hydrogen) atoms. The molecule has 1 fully saturated rings. The van der Waals surface area contributed by atoms with Gasteiger partial charge in [0, 0.05) is 12.5 Å². The molecular weight excluding hydrogens is 238 g/mol. The van der Waals surface area contributed by atoms with E-state index in [0.717, 1.165) is 25.7 Å². The molecule has 1 amide bonds. The molecule has 0 saturated heterocycles. The van der Waals surface area contributed by atoms with Crippen molar-refractivity contribution in [3.05, 3.63) is 11.6 Å². The van der Waals surface area contributed by atoms with Crippen molar-refractivity contribution in [3.8, 4) is 0 Å². The number of nitrogens with one attached hydrogen (secondary N) is 1. The average Bonchev–Trinajstić information content (AvgIpc) is 2.91. The molecule has 3 nitrogen and oxygen atoms in total. The fraction of sp³-hybridized carbons (Fsp3) is 0.812. The van der Waals surface area contributed by atoms with E-state index in [0.29, 0.717) is 18.4 Å². The first-order chi connectivity index (χ1) is 8.90. The third-order valence-electron chi connectivity index (χ3n) is 5.04. The number of ether oxygens (including phenoxy) is 1. The van der Waals surface area contributed by atoms with Crippen LogP contribution in [0.1, 0.15) is 53.4 Å². The van der Waals surface area contributed by atoms with Gasteiger partial charge in [0.1, 0.15) is 6.10 Å². The Bertz CT molecular complexity index is 371. The van der Waals surface area contributed by atoms with Crippen molar-refractivity contribution in [2.24, 2.45) is 17.3 Å². The molecule has 0 aliphatic heterocycles. The first-order valence-electron chi connectivity index (χ1n) is 7.53. The van der Waals surface area contributed by atoms with Gasteiger partial charge in [-0.1, -0.05) is 39.3 Å². The van der Waals surface area contributed by atoms with Crippen LogP contribution >= 0.6 is 0 Å². The maximum atomic E-state index is 11.9. The smallest absolute Gasteiger partial charge is 0.407 e. The fourth-order valence-electron chi connectivity index (χ4n) is 2.83. The molecule has 0 aromatic rings. The highest BCUT2D eigenvalue weighted by Crippen LogP contribution is 2.41. The van der Waals surface area contributed by atoms with Gasteiger partial charge in [-0.15, -0.1) is 0 Å². The van der Waals surface area contributed by atoms with E-state index in [1.165, 1.54) is 5.57 Å². The van der Waals surface area contributed by atoms with Crippen molar-refractivity contribution in [3.63, 3.8) is 0 Å². The standard InChI is InChI=1S/C16H27NO2/c1-11(2)16(3,4)10-17-15(18)19-14-9-8-12-6-5-7-13(12)14/h6,11,13-14H,5,7-10H2,1-4H3,(H,17,18). The summed E-state index contributed by atoms with van der Waals surface area (Å²) in [6.07, 6.45) is 6.61. The Labute approximate surface area is 116 Å². The molecule has 2 aliphatic carbocycles. The molecule has 3 heteroatoms. The number of amides is 1. The van der Waals surface area contributed by atoms with Crippen LogP contribution in [0.5, 0.6) is 0 Å². The lowest BCUT2D eigenvalue weighted by Crippen LogP contribution is -2.39. The molecule has 0 radical (unpaired) electrons. The highest BCUT2D eigenvalue weighted by Gasteiger charge is 2.36. The van der Waals surface area contributed by atoms with E-state index in [-0.39, 0.29) is 17.6 Å². The summed E-state index contributed by atoms with van der Waals surface area (Å²) in [4.78, 5) is 11.9. The van der Waals surface area contributed by atoms with E-state index >= 15 is 0 Å². The van der Waals surface area contributed by atoms with Crippen LogP contribution in [0.2, 0.25) is 0 Å². The summed E-state index contributed by atoms with van der Waals surface area (Å²) in [6.45, 7) is 9.37. The van der Waals surface area contributed by atoms with E-state index in [2.05, 4.69) is 39.1 Å². The van der Waals surface area contributed by atoms with E-state index in [1.54, 1.807) is 0 Å². The van der Waals surface area contributed by atoms with Gasteiger partial charge in [-0.3, -0.25) is 0 Å². The molecular formula is C16H27NO2. The van der Waals surface area contributed by atoms with E-state index in [1.807, 2.05) is 0 Å². The highest BCUT2D eigenvalue weighted by atomic mass is 16.6. The number of carbonyl (C=O) groups excluding carboxylic acids is 1. The molecule has 1 N–H and O–H groups in total. The van der Waals surface area contributed by atoms with Crippen molar-refractivity contribution in [1.29, 1.82) is 0 Å². The first-order valence-corrected chi connectivity index (χ1v) is 7.53. The molecule has 0 spiro atoms. The van der Waals surface area contributed by atoms with Gasteiger partial charge in [0.25, 0.3) is 0 Å². The Hall–Kier alpha value is -0.990. The third kappa shape index (κ3) is 3.31. The summed E-state index contributed by atoms with van der Waals surface area (Å²) < 4.78 is 5.61. The minimum Gasteiger partial charge on any atom is -0.446 e. The Balaban J connectivity index is 1.78. The van der Waals surface area contributed by atoms with Crippen LogP contribution in [0.25, 0.3) is 0 Å². The van der Waals surface area contributed by atoms with Crippen molar-refractivity contribution >= 4 is 6.09 Å². The molecule has 0 aromatic heterocycles. The van der Waals surface area contributed by atoms with Crippen molar-refractivity contribution in [1.82, 2.24) is 5.32 Å². The van der Waals surface area contributed by atoms with Gasteiger partial charge >= 0.3 is 6.09 Å². The van der Waals surface area contributed by atoms with E-state index < -0.39 is 0 Å². The zero-order valence-corrected chi connectivity index (χ0v) is 12.7. The highest BCUT2D eigenvalue weighted by molar-refractivity contribution is 5.67. The number of hydrogen-bond acceptors (Lipinski definition) is 2. The zero-order chi connectivity index (χ0) is 14.0. The Morgan fingerprint density at radius 3 is 2.89 bits per heavy atom. The minimum absolute atomic E-state index is 0.104. The Morgan fingerprint density at radius 2 is 2.21 bits per heavy atom. The largest absolute Gasteiger partial charge is 0.446 e. The summed E-state index contributed by atoms with van der Waals surface area (Å²) >= 11 is 0. The van der Waals surface area contributed by atoms with Crippen molar-refractivity contribution in [2.45, 2.75) is 59.5 Å². The van der Waals surface area contributed by atoms with Crippen LogP contribution < -0.4 is 5.32 Å². The summed E-state index contributed by atoms with van der Waals surface area (Å²) in [5.74, 6) is 1.03. The Kier molecular flexibility index (Phi) is 4.22. The van der Waals surface area contributed by atoms with Crippen LogP contribution in [-0.2, 0) is 4.74 Å². The Morgan fingerprint density at radius 1 is 1.47 bits per heavy atom. The van der Waals surface area contributed by atoms with Gasteiger partial charge < -0.3 is 10.1 Å². The lowest BCUT2D eigenvalue weighted by molar-refractivity contribution is 0.0756. The monoisotopic (exact) mass is 265 g/mol. The molecule has 2 unspecified atom stereocenters. The maximum absolute atomic E-state index is 11.9. The minimum atomic E-state index is -0.244. The van der Waals surface area contributed by atoms with Crippen molar-refractivity contribution < 1.29 is 9.53 Å². The van der Waals surface area contributed by atoms with E-state index in [4.69, 9.17) is 4.74 Å². The molecule has 2 aliphatic rings. The topological polar surface area (TPSA) is 38.3 Å². The van der Waals surface area contributed by atoms with Crippen LogP contribution in [0, 0.1) is 17.3 Å². The quantitative estimate of drug-likeness (QED) is 0.783. The van der Waals surface area contributed by atoms with Gasteiger partial charge in [-0.05, 0) is 37.0 Å². The fourth-order valence-corrected chi connectivity index (χ4v) is 2.83. The summed E-state index contributed by atoms with van der Waals surface area (Å²) in [5, 5.41) is 2.93. The third-order valence-corrected chi connectivity index (χ3v) is 5.04. The number of carbonyl (C=O) groups is 1. The molecule has 0 heterocycles. The second-order valence-corrected chi connectivity index (χ2v) is 6.94. The molecule has 108 valence electrons. The van der Waals surface area contributed by atoms with Gasteiger partial charge in [-0.25, -0.2) is 4.79 Å². The van der Waals surface area contributed by atoms with E-state index in [9.17, 15) is 4.79 Å². The zero-order valence-electron chi connectivity index (χ0n) is 12.7. The van der Waals surface area contributed by atoms with Gasteiger partial charge in [0.15, 0.2) is 0 Å². The number of alkyl carbamates (subject to hydrolysis) is 1. The summed E-state index contributed by atoms with van der Waals surface area (Å²) in [7, 11) is 0. The van der Waals surface area contributed by atoms with Crippen LogP contribution in [0.3, 0.4) is 0 Å². The average molecular weight is 265 g/mol. The van der Waals surface area contributed by atoms with Crippen molar-refractivity contribution in [2.75, 3.05) is 6.54 Å². The van der Waals surface area contributed by atoms with Gasteiger partial charge in [-0.2, -0.15) is 0 Å². The number of hydrogen-bond donors (Lipinski definition) is 1. The first kappa shape index (κ1) is 14.4. The predicted octanol–water partition coefficient (Wildman–Crippen LogP) is 3.89. The lowest BCUT2D eigenvalue weighted by atomic mass is 9.81. The van der Waals surface area contributed by atoms with Gasteiger partial charge in [0.2, 0.25) is 0 Å². The molecule has 2 rings (SSSR count). The van der Waals surface area contributed by atoms with Gasteiger partial charge in [0.05, 0.1) is 0 Å². The molecule has 2 atom stereocenters. The van der Waals surface area contributed by atoms with Crippen LogP contribution in [0.4, 0.5) is 4.79 Å². The second-order valence-electron chi connectivity index (χ2n) is 6.94.